The molecule has 0 radical (unpaired) electrons. The summed E-state index contributed by atoms with van der Waals surface area (Å²) in [7, 11) is 1.64. The van der Waals surface area contributed by atoms with Crippen molar-refractivity contribution in [2.45, 2.75) is 31.8 Å². The average Bonchev–Trinajstić information content (AvgIpc) is 3.13. The molecule has 0 amide bonds. The van der Waals surface area contributed by atoms with Crippen LogP contribution in [0.1, 0.15) is 30.9 Å². The fraction of sp³-hybridized carbons (Fsp3) is 0.350. The average molecular weight is 385 g/mol. The summed E-state index contributed by atoms with van der Waals surface area (Å²) >= 11 is 1.55. The minimum Gasteiger partial charge on any atom is -0.494 e. The Hall–Kier alpha value is -2.54. The predicted octanol–water partition coefficient (Wildman–Crippen LogP) is 4.27. The number of para-hydroxylation sites is 2. The monoisotopic (exact) mass is 384 g/mol. The van der Waals surface area contributed by atoms with Gasteiger partial charge < -0.3 is 9.47 Å². The van der Waals surface area contributed by atoms with E-state index in [2.05, 4.69) is 48.4 Å². The highest BCUT2D eigenvalue weighted by molar-refractivity contribution is 7.99. The van der Waals surface area contributed by atoms with Gasteiger partial charge in [0.15, 0.2) is 0 Å². The molecule has 3 aromatic rings. The van der Waals surface area contributed by atoms with Crippen LogP contribution >= 0.6 is 11.8 Å². The van der Waals surface area contributed by atoms with Gasteiger partial charge in [-0.3, -0.25) is 0 Å². The Bertz CT molecular complexity index is 895. The summed E-state index contributed by atoms with van der Waals surface area (Å²) in [6.07, 6.45) is 0. The molecule has 0 atom stereocenters. The number of benzene rings is 2. The zero-order valence-corrected chi connectivity index (χ0v) is 16.9. The molecule has 2 aromatic carbocycles. The van der Waals surface area contributed by atoms with Crippen molar-refractivity contribution in [3.63, 3.8) is 0 Å². The first-order valence-electron chi connectivity index (χ1n) is 8.88. The minimum atomic E-state index is 0.517. The summed E-state index contributed by atoms with van der Waals surface area (Å²) in [5.74, 6) is 2.87. The summed E-state index contributed by atoms with van der Waals surface area (Å²) < 4.78 is 13.0. The second-order valence-electron chi connectivity index (χ2n) is 6.42. The number of tetrazole rings is 1. The Kier molecular flexibility index (Phi) is 6.34. The van der Waals surface area contributed by atoms with E-state index in [1.165, 1.54) is 11.1 Å². The third kappa shape index (κ3) is 4.60. The van der Waals surface area contributed by atoms with Gasteiger partial charge in [0.05, 0.1) is 13.7 Å². The van der Waals surface area contributed by atoms with Crippen LogP contribution in [0.15, 0.2) is 47.6 Å². The number of aryl methyl sites for hydroxylation is 1. The fourth-order valence-corrected chi connectivity index (χ4v) is 3.60. The smallest absolute Gasteiger partial charge is 0.214 e. The maximum absolute atomic E-state index is 5.89. The van der Waals surface area contributed by atoms with Gasteiger partial charge in [-0.1, -0.05) is 43.8 Å². The molecular formula is C20H24N4O2S. The first kappa shape index (κ1) is 19.2. The van der Waals surface area contributed by atoms with E-state index in [1.54, 1.807) is 23.6 Å². The van der Waals surface area contributed by atoms with Crippen LogP contribution in [0.5, 0.6) is 11.5 Å². The van der Waals surface area contributed by atoms with E-state index in [4.69, 9.17) is 9.47 Å². The number of rotatable bonds is 8. The number of thioether (sulfide) groups is 1. The van der Waals surface area contributed by atoms with Crippen molar-refractivity contribution in [2.24, 2.45) is 0 Å². The SMILES string of the molecule is COc1ccccc1-n1nnnc1SCCOc1ccc(C(C)C)c(C)c1. The molecule has 1 heterocycles. The van der Waals surface area contributed by atoms with Gasteiger partial charge in [0.2, 0.25) is 5.16 Å². The summed E-state index contributed by atoms with van der Waals surface area (Å²) in [6, 6.07) is 13.9. The van der Waals surface area contributed by atoms with Gasteiger partial charge in [-0.15, -0.1) is 5.10 Å². The lowest BCUT2D eigenvalue weighted by molar-refractivity contribution is 0.343. The van der Waals surface area contributed by atoms with Crippen molar-refractivity contribution < 1.29 is 9.47 Å². The molecule has 0 aliphatic heterocycles. The van der Waals surface area contributed by atoms with Crippen LogP contribution in [0.4, 0.5) is 0 Å². The molecule has 3 rings (SSSR count). The lowest BCUT2D eigenvalue weighted by Gasteiger charge is -2.12. The second-order valence-corrected chi connectivity index (χ2v) is 7.48. The van der Waals surface area contributed by atoms with Gasteiger partial charge in [0.25, 0.3) is 0 Å². The van der Waals surface area contributed by atoms with E-state index >= 15 is 0 Å². The molecule has 0 aliphatic carbocycles. The van der Waals surface area contributed by atoms with Crippen LogP contribution in [0, 0.1) is 6.92 Å². The molecule has 0 spiro atoms. The van der Waals surface area contributed by atoms with Crippen molar-refractivity contribution >= 4 is 11.8 Å². The topological polar surface area (TPSA) is 62.1 Å². The number of hydrogen-bond donors (Lipinski definition) is 0. The first-order valence-corrected chi connectivity index (χ1v) is 9.86. The van der Waals surface area contributed by atoms with Crippen LogP contribution < -0.4 is 9.47 Å². The molecule has 0 saturated heterocycles. The Morgan fingerprint density at radius 3 is 2.70 bits per heavy atom. The van der Waals surface area contributed by atoms with Crippen LogP contribution in [0.3, 0.4) is 0 Å². The van der Waals surface area contributed by atoms with Gasteiger partial charge in [0.1, 0.15) is 17.2 Å². The maximum Gasteiger partial charge on any atom is 0.214 e. The van der Waals surface area contributed by atoms with Gasteiger partial charge in [-0.05, 0) is 58.7 Å². The Morgan fingerprint density at radius 1 is 1.15 bits per heavy atom. The first-order chi connectivity index (χ1) is 13.1. The number of ether oxygens (including phenoxy) is 2. The molecule has 0 aliphatic rings. The molecule has 0 unspecified atom stereocenters. The molecule has 0 bridgehead atoms. The number of hydrogen-bond acceptors (Lipinski definition) is 6. The summed E-state index contributed by atoms with van der Waals surface area (Å²) in [5.41, 5.74) is 3.43. The van der Waals surface area contributed by atoms with Gasteiger partial charge in [-0.2, -0.15) is 4.68 Å². The lowest BCUT2D eigenvalue weighted by Crippen LogP contribution is -2.05. The van der Waals surface area contributed by atoms with Crippen molar-refractivity contribution in [3.05, 3.63) is 53.6 Å². The van der Waals surface area contributed by atoms with E-state index in [-0.39, 0.29) is 0 Å². The van der Waals surface area contributed by atoms with Crippen LogP contribution in [0.2, 0.25) is 0 Å². The van der Waals surface area contributed by atoms with E-state index in [0.717, 1.165) is 22.9 Å². The van der Waals surface area contributed by atoms with Crippen molar-refractivity contribution in [1.82, 2.24) is 20.2 Å². The summed E-state index contributed by atoms with van der Waals surface area (Å²) in [6.45, 7) is 7.10. The normalized spacial score (nSPS) is 11.0. The highest BCUT2D eigenvalue weighted by atomic mass is 32.2. The van der Waals surface area contributed by atoms with E-state index in [1.807, 2.05) is 30.3 Å². The second kappa shape index (κ2) is 8.90. The molecule has 1 aromatic heterocycles. The van der Waals surface area contributed by atoms with E-state index < -0.39 is 0 Å². The van der Waals surface area contributed by atoms with Crippen molar-refractivity contribution in [3.8, 4) is 17.2 Å². The predicted molar refractivity (Wildman–Crippen MR) is 107 cm³/mol. The van der Waals surface area contributed by atoms with Gasteiger partial charge in [0, 0.05) is 5.75 Å². The van der Waals surface area contributed by atoms with Crippen LogP contribution in [-0.4, -0.2) is 39.7 Å². The number of aromatic nitrogens is 4. The van der Waals surface area contributed by atoms with E-state index in [9.17, 15) is 0 Å². The summed E-state index contributed by atoms with van der Waals surface area (Å²) in [5, 5.41) is 12.7. The molecule has 142 valence electrons. The Morgan fingerprint density at radius 2 is 1.96 bits per heavy atom. The quantitative estimate of drug-likeness (QED) is 0.427. The number of methoxy groups -OCH3 is 1. The zero-order valence-electron chi connectivity index (χ0n) is 16.0. The zero-order chi connectivity index (χ0) is 19.2. The van der Waals surface area contributed by atoms with Gasteiger partial charge >= 0.3 is 0 Å². The Balaban J connectivity index is 1.59. The highest BCUT2D eigenvalue weighted by Gasteiger charge is 2.13. The Labute approximate surface area is 163 Å². The molecule has 6 nitrogen and oxygen atoms in total. The largest absolute Gasteiger partial charge is 0.494 e. The number of nitrogens with zero attached hydrogens (tertiary/aromatic N) is 4. The summed E-state index contributed by atoms with van der Waals surface area (Å²) in [4.78, 5) is 0. The molecular weight excluding hydrogens is 360 g/mol. The third-order valence-electron chi connectivity index (χ3n) is 4.20. The van der Waals surface area contributed by atoms with Crippen LogP contribution in [-0.2, 0) is 0 Å². The van der Waals surface area contributed by atoms with Crippen LogP contribution in [0.25, 0.3) is 5.69 Å². The van der Waals surface area contributed by atoms with Crippen molar-refractivity contribution in [1.29, 1.82) is 0 Å². The standard InChI is InChI=1S/C20H24N4O2S/c1-14(2)17-10-9-16(13-15(17)3)26-11-12-27-20-21-22-23-24(20)18-7-5-6-8-19(18)25-4/h5-10,13-14H,11-12H2,1-4H3. The maximum atomic E-state index is 5.89. The molecule has 0 N–H and O–H groups in total. The van der Waals surface area contributed by atoms with Gasteiger partial charge in [-0.25, -0.2) is 0 Å². The molecule has 0 fully saturated rings. The molecule has 27 heavy (non-hydrogen) atoms. The lowest BCUT2D eigenvalue weighted by atomic mass is 9.98. The van der Waals surface area contributed by atoms with E-state index in [0.29, 0.717) is 17.7 Å². The minimum absolute atomic E-state index is 0.517. The highest BCUT2D eigenvalue weighted by Crippen LogP contribution is 2.26. The third-order valence-corrected chi connectivity index (χ3v) is 5.08. The fourth-order valence-electron chi connectivity index (χ4n) is 2.90. The van der Waals surface area contributed by atoms with Crippen molar-refractivity contribution in [2.75, 3.05) is 19.5 Å². The molecule has 0 saturated carbocycles. The molecule has 7 heteroatoms.